The van der Waals surface area contributed by atoms with E-state index in [9.17, 15) is 91.9 Å². The molecule has 30 heteroatoms. The quantitative estimate of drug-likeness (QED) is 0.0724. The Morgan fingerprint density at radius 1 is 0.318 bits per heavy atom. The summed E-state index contributed by atoms with van der Waals surface area (Å²) in [6, 6.07) is -1.73. The fourth-order valence-electron chi connectivity index (χ4n) is 8.49. The van der Waals surface area contributed by atoms with E-state index in [-0.39, 0.29) is 0 Å². The molecule has 0 saturated carbocycles. The molecular formula is C36H63NO29. The third-order valence-corrected chi connectivity index (χ3v) is 12.5. The molecule has 0 aromatic rings. The molecule has 6 saturated heterocycles. The molecule has 66 heavy (non-hydrogen) atoms. The third kappa shape index (κ3) is 10.8. The van der Waals surface area contributed by atoms with Gasteiger partial charge in [0.2, 0.25) is 0 Å². The van der Waals surface area contributed by atoms with Crippen molar-refractivity contribution in [2.24, 2.45) is 5.73 Å². The highest BCUT2D eigenvalue weighted by molar-refractivity contribution is 5.00. The molecule has 0 aromatic heterocycles. The molecule has 6 rings (SSSR count). The molecule has 6 aliphatic rings. The van der Waals surface area contributed by atoms with Gasteiger partial charge in [-0.3, -0.25) is 0 Å². The Labute approximate surface area is 373 Å². The summed E-state index contributed by atoms with van der Waals surface area (Å²) in [5, 5.41) is 190. The molecule has 6 aliphatic heterocycles. The minimum Gasteiger partial charge on any atom is -0.394 e. The van der Waals surface area contributed by atoms with Crippen LogP contribution in [0, 0.1) is 0 Å². The second kappa shape index (κ2) is 22.9. The van der Waals surface area contributed by atoms with E-state index < -0.39 is 217 Å². The van der Waals surface area contributed by atoms with Gasteiger partial charge in [-0.15, -0.1) is 0 Å². The first kappa shape index (κ1) is 54.1. The lowest BCUT2D eigenvalue weighted by molar-refractivity contribution is -0.392. The van der Waals surface area contributed by atoms with E-state index in [4.69, 9.17) is 57.8 Å². The largest absolute Gasteiger partial charge is 0.394 e. The molecule has 0 aromatic carbocycles. The van der Waals surface area contributed by atoms with Crippen LogP contribution in [0.15, 0.2) is 0 Å². The summed E-state index contributed by atoms with van der Waals surface area (Å²) in [5.41, 5.74) is 6.47. The maximum absolute atomic E-state index is 11.5. The van der Waals surface area contributed by atoms with Crippen molar-refractivity contribution in [3.63, 3.8) is 0 Å². The number of nitrogens with two attached hydrogens (primary N) is 1. The van der Waals surface area contributed by atoms with Gasteiger partial charge in [-0.1, -0.05) is 0 Å². The van der Waals surface area contributed by atoms with Gasteiger partial charge >= 0.3 is 0 Å². The zero-order valence-electron chi connectivity index (χ0n) is 35.0. The highest BCUT2D eigenvalue weighted by Crippen LogP contribution is 2.36. The lowest BCUT2D eigenvalue weighted by atomic mass is 9.94. The number of ether oxygens (including phenoxy) is 11. The van der Waals surface area contributed by atoms with E-state index in [1.165, 1.54) is 6.92 Å². The summed E-state index contributed by atoms with van der Waals surface area (Å²) < 4.78 is 61.8. The molecule has 0 aliphatic carbocycles. The molecule has 20 N–H and O–H groups in total. The summed E-state index contributed by atoms with van der Waals surface area (Å²) in [7, 11) is 0. The SMILES string of the molecule is CC1O[C@@H](OC2C(O)[C@@H](O)C(CO)O[C@H]2OC2C(N)C(OC3C(O)[C@@H](O[C@H]4C(CO)O[C@@H](O[C@@H]5C(CO)O[C@@H](O)C(O)C5O)C(O)C4O)OC(CO)[C@@H]3O)OC(CO)[C@@H]2O)C(O)C(O)[C@@H]1O. The predicted molar refractivity (Wildman–Crippen MR) is 200 cm³/mol. The Balaban J connectivity index is 1.18. The van der Waals surface area contributed by atoms with Crippen LogP contribution in [0.3, 0.4) is 0 Å². The molecule has 0 radical (unpaired) electrons. The van der Waals surface area contributed by atoms with E-state index in [0.717, 1.165) is 0 Å². The number of aliphatic hydroxyl groups is 18. The van der Waals surface area contributed by atoms with Crippen LogP contribution in [0.2, 0.25) is 0 Å². The lowest BCUT2D eigenvalue weighted by Crippen LogP contribution is -2.69. The van der Waals surface area contributed by atoms with Crippen molar-refractivity contribution in [2.75, 3.05) is 33.0 Å². The molecule has 386 valence electrons. The Hall–Kier alpha value is -1.20. The summed E-state index contributed by atoms with van der Waals surface area (Å²) in [4.78, 5) is 0. The predicted octanol–water partition coefficient (Wildman–Crippen LogP) is -13.1. The van der Waals surface area contributed by atoms with Crippen LogP contribution in [-0.2, 0) is 52.1 Å². The Morgan fingerprint density at radius 3 is 1.27 bits per heavy atom. The van der Waals surface area contributed by atoms with Gasteiger partial charge in [0.1, 0.15) is 134 Å². The first-order valence-corrected chi connectivity index (χ1v) is 21.1. The van der Waals surface area contributed by atoms with Crippen molar-refractivity contribution >= 4 is 0 Å². The molecule has 0 spiro atoms. The first-order valence-electron chi connectivity index (χ1n) is 21.1. The smallest absolute Gasteiger partial charge is 0.187 e. The van der Waals surface area contributed by atoms with Crippen LogP contribution in [0.4, 0.5) is 0 Å². The monoisotopic (exact) mass is 973 g/mol. The standard InChI is InChI=1S/C36H63NO29/c1-7-14(43)18(47)23(52)33(56-7)66-30-19(48)15(44)8(2-38)60-36(30)64-28-13(37)32(58-9(3-39)16(28)45)65-29-17(46)10(4-40)59-35(25(29)54)63-27-12(6-42)61-34(24(53)21(27)50)62-26-11(5-41)57-31(55)22(51)20(26)49/h7-36,38-55H,2-6,37H2,1H3/t7?,8?,9?,10?,11?,12?,13?,14-,15+,16+,17+,18?,19?,20?,21?,22?,23?,24?,25?,26-,27+,28?,29?,30?,31-,32?,33+,34+,35-,36+/m1/s1. The zero-order valence-corrected chi connectivity index (χ0v) is 35.0. The van der Waals surface area contributed by atoms with Crippen LogP contribution in [0.1, 0.15) is 6.92 Å². The molecule has 0 bridgehead atoms. The maximum Gasteiger partial charge on any atom is 0.187 e. The topological polar surface area (TPSA) is 492 Å². The van der Waals surface area contributed by atoms with Crippen LogP contribution in [0.25, 0.3) is 0 Å². The van der Waals surface area contributed by atoms with Crippen molar-refractivity contribution in [1.29, 1.82) is 0 Å². The number of hydrogen-bond acceptors (Lipinski definition) is 30. The Kier molecular flexibility index (Phi) is 18.8. The van der Waals surface area contributed by atoms with Crippen LogP contribution >= 0.6 is 0 Å². The fraction of sp³-hybridized carbons (Fsp3) is 1.00. The second-order valence-electron chi connectivity index (χ2n) is 16.8. The minimum absolute atomic E-state index is 0.860. The van der Waals surface area contributed by atoms with Crippen molar-refractivity contribution in [2.45, 2.75) is 191 Å². The average Bonchev–Trinajstić information content (AvgIpc) is 3.30. The van der Waals surface area contributed by atoms with Crippen LogP contribution in [0.5, 0.6) is 0 Å². The number of hydrogen-bond donors (Lipinski definition) is 19. The second-order valence-corrected chi connectivity index (χ2v) is 16.8. The Morgan fingerprint density at radius 2 is 0.697 bits per heavy atom. The molecule has 0 amide bonds. The lowest BCUT2D eigenvalue weighted by Gasteiger charge is -2.50. The molecule has 6 fully saturated rings. The molecule has 6 heterocycles. The molecule has 30 nitrogen and oxygen atoms in total. The van der Waals surface area contributed by atoms with Crippen molar-refractivity contribution in [3.05, 3.63) is 0 Å². The average molecular weight is 974 g/mol. The number of aliphatic hydroxyl groups excluding tert-OH is 18. The van der Waals surface area contributed by atoms with Crippen LogP contribution < -0.4 is 5.73 Å². The van der Waals surface area contributed by atoms with E-state index in [0.29, 0.717) is 0 Å². The third-order valence-electron chi connectivity index (χ3n) is 12.5. The van der Waals surface area contributed by atoms with E-state index in [1.54, 1.807) is 0 Å². The number of rotatable bonds is 15. The van der Waals surface area contributed by atoms with Gasteiger partial charge < -0.3 is 150 Å². The van der Waals surface area contributed by atoms with Crippen molar-refractivity contribution in [3.8, 4) is 0 Å². The van der Waals surface area contributed by atoms with Gasteiger partial charge in [0.15, 0.2) is 37.7 Å². The van der Waals surface area contributed by atoms with E-state index >= 15 is 0 Å². The first-order chi connectivity index (χ1) is 31.2. The van der Waals surface area contributed by atoms with E-state index in [2.05, 4.69) is 0 Å². The summed E-state index contributed by atoms with van der Waals surface area (Å²) >= 11 is 0. The van der Waals surface area contributed by atoms with Gasteiger partial charge in [0.25, 0.3) is 0 Å². The van der Waals surface area contributed by atoms with Crippen molar-refractivity contribution < 1.29 is 144 Å². The summed E-state index contributed by atoms with van der Waals surface area (Å²) in [5.74, 6) is 0. The highest BCUT2D eigenvalue weighted by atomic mass is 16.8. The Bertz CT molecular complexity index is 1490. The maximum atomic E-state index is 11.5. The zero-order chi connectivity index (χ0) is 48.6. The van der Waals surface area contributed by atoms with Gasteiger partial charge in [0.05, 0.1) is 45.2 Å². The molecular weight excluding hydrogens is 910 g/mol. The summed E-state index contributed by atoms with van der Waals surface area (Å²) in [6.07, 6.45) is -52.9. The molecule has 30 atom stereocenters. The highest BCUT2D eigenvalue weighted by Gasteiger charge is 2.57. The van der Waals surface area contributed by atoms with Crippen molar-refractivity contribution in [1.82, 2.24) is 0 Å². The summed E-state index contributed by atoms with van der Waals surface area (Å²) in [6.45, 7) is -3.36. The fourth-order valence-corrected chi connectivity index (χ4v) is 8.49. The normalized spacial score (nSPS) is 54.0. The minimum atomic E-state index is -2.15. The van der Waals surface area contributed by atoms with Gasteiger partial charge in [0, 0.05) is 0 Å². The van der Waals surface area contributed by atoms with Crippen LogP contribution in [-0.4, -0.2) is 309 Å². The van der Waals surface area contributed by atoms with Gasteiger partial charge in [-0.25, -0.2) is 0 Å². The van der Waals surface area contributed by atoms with Gasteiger partial charge in [-0.05, 0) is 6.92 Å². The van der Waals surface area contributed by atoms with E-state index in [1.807, 2.05) is 0 Å². The molecule has 19 unspecified atom stereocenters. The van der Waals surface area contributed by atoms with Gasteiger partial charge in [-0.2, -0.15) is 0 Å².